The molecule has 0 saturated heterocycles. The van der Waals surface area contributed by atoms with Crippen molar-refractivity contribution in [3.05, 3.63) is 17.5 Å². The molecule has 0 spiro atoms. The topological polar surface area (TPSA) is 17.8 Å². The molecular weight excluding hydrogens is 136 g/mol. The summed E-state index contributed by atoms with van der Waals surface area (Å²) in [6.45, 7) is 4.37. The minimum Gasteiger partial charge on any atom is -0.275 e. The molecule has 2 nitrogen and oxygen atoms in total. The first kappa shape index (κ1) is 8.31. The summed E-state index contributed by atoms with van der Waals surface area (Å²) in [7, 11) is 1.98. The number of aryl methyl sites for hydroxylation is 3. The van der Waals surface area contributed by atoms with E-state index in [2.05, 4.69) is 25.1 Å². The van der Waals surface area contributed by atoms with Gasteiger partial charge in [0.1, 0.15) is 0 Å². The average Bonchev–Trinajstić information content (AvgIpc) is 2.32. The summed E-state index contributed by atoms with van der Waals surface area (Å²) < 4.78 is 1.91. The van der Waals surface area contributed by atoms with Crippen molar-refractivity contribution in [2.45, 2.75) is 33.1 Å². The van der Waals surface area contributed by atoms with Gasteiger partial charge in [-0.25, -0.2) is 0 Å². The van der Waals surface area contributed by atoms with Crippen LogP contribution in [-0.2, 0) is 19.9 Å². The number of hydrogen-bond acceptors (Lipinski definition) is 1. The van der Waals surface area contributed by atoms with Crippen LogP contribution in [0.4, 0.5) is 0 Å². The fourth-order valence-corrected chi connectivity index (χ4v) is 1.33. The number of aromatic nitrogens is 2. The van der Waals surface area contributed by atoms with Crippen molar-refractivity contribution in [2.75, 3.05) is 0 Å². The van der Waals surface area contributed by atoms with E-state index in [0.717, 1.165) is 12.8 Å². The van der Waals surface area contributed by atoms with Crippen LogP contribution in [0.25, 0.3) is 0 Å². The van der Waals surface area contributed by atoms with E-state index < -0.39 is 0 Å². The van der Waals surface area contributed by atoms with Crippen molar-refractivity contribution in [1.29, 1.82) is 0 Å². The highest BCUT2D eigenvalue weighted by Gasteiger charge is 2.03. The number of rotatable bonds is 3. The Morgan fingerprint density at radius 3 is 2.73 bits per heavy atom. The third kappa shape index (κ3) is 1.82. The second kappa shape index (κ2) is 3.56. The van der Waals surface area contributed by atoms with Crippen LogP contribution in [0.2, 0.25) is 0 Å². The zero-order valence-electron chi connectivity index (χ0n) is 7.59. The van der Waals surface area contributed by atoms with Crippen LogP contribution in [0.15, 0.2) is 6.20 Å². The van der Waals surface area contributed by atoms with Gasteiger partial charge in [-0.15, -0.1) is 0 Å². The summed E-state index contributed by atoms with van der Waals surface area (Å²) in [6.07, 6.45) is 5.52. The van der Waals surface area contributed by atoms with Crippen LogP contribution in [0.1, 0.15) is 31.5 Å². The van der Waals surface area contributed by atoms with Crippen molar-refractivity contribution in [3.8, 4) is 0 Å². The van der Waals surface area contributed by atoms with Crippen LogP contribution in [0.3, 0.4) is 0 Å². The number of nitrogens with zero attached hydrogens (tertiary/aromatic N) is 2. The second-order valence-electron chi connectivity index (χ2n) is 2.88. The fraction of sp³-hybridized carbons (Fsp3) is 0.667. The molecule has 0 bridgehead atoms. The zero-order valence-corrected chi connectivity index (χ0v) is 7.59. The fourth-order valence-electron chi connectivity index (χ4n) is 1.33. The highest BCUT2D eigenvalue weighted by atomic mass is 15.2. The molecule has 1 rings (SSSR count). The van der Waals surface area contributed by atoms with E-state index in [9.17, 15) is 0 Å². The SMILES string of the molecule is CCCc1nn(C)cc1CC. The molecule has 1 aromatic heterocycles. The first-order chi connectivity index (χ1) is 5.27. The maximum absolute atomic E-state index is 4.39. The Balaban J connectivity index is 2.83. The third-order valence-electron chi connectivity index (χ3n) is 1.86. The van der Waals surface area contributed by atoms with E-state index in [-0.39, 0.29) is 0 Å². The zero-order chi connectivity index (χ0) is 8.27. The molecule has 0 aliphatic rings. The Labute approximate surface area is 68.2 Å². The Kier molecular flexibility index (Phi) is 2.69. The predicted octanol–water partition coefficient (Wildman–Crippen LogP) is 1.94. The average molecular weight is 152 g/mol. The first-order valence-corrected chi connectivity index (χ1v) is 4.29. The molecule has 0 aromatic carbocycles. The largest absolute Gasteiger partial charge is 0.275 e. The lowest BCUT2D eigenvalue weighted by molar-refractivity contribution is 0.733. The van der Waals surface area contributed by atoms with Crippen molar-refractivity contribution >= 4 is 0 Å². The van der Waals surface area contributed by atoms with Crippen LogP contribution in [0.5, 0.6) is 0 Å². The van der Waals surface area contributed by atoms with Crippen molar-refractivity contribution in [3.63, 3.8) is 0 Å². The summed E-state index contributed by atoms with van der Waals surface area (Å²) in [5.41, 5.74) is 2.67. The lowest BCUT2D eigenvalue weighted by Gasteiger charge is -1.94. The van der Waals surface area contributed by atoms with Gasteiger partial charge in [0.15, 0.2) is 0 Å². The minimum atomic E-state index is 1.10. The van der Waals surface area contributed by atoms with Gasteiger partial charge in [0.2, 0.25) is 0 Å². The van der Waals surface area contributed by atoms with E-state index in [4.69, 9.17) is 0 Å². The van der Waals surface area contributed by atoms with Crippen LogP contribution < -0.4 is 0 Å². The van der Waals surface area contributed by atoms with Gasteiger partial charge in [-0.05, 0) is 18.4 Å². The van der Waals surface area contributed by atoms with E-state index >= 15 is 0 Å². The molecule has 0 unspecified atom stereocenters. The summed E-state index contributed by atoms with van der Waals surface area (Å²) in [4.78, 5) is 0. The highest BCUT2D eigenvalue weighted by molar-refractivity contribution is 5.16. The van der Waals surface area contributed by atoms with E-state index in [1.54, 1.807) is 0 Å². The quantitative estimate of drug-likeness (QED) is 0.647. The maximum atomic E-state index is 4.39. The van der Waals surface area contributed by atoms with Crippen molar-refractivity contribution in [2.24, 2.45) is 7.05 Å². The van der Waals surface area contributed by atoms with Gasteiger partial charge in [0, 0.05) is 13.2 Å². The Morgan fingerprint density at radius 2 is 2.18 bits per heavy atom. The van der Waals surface area contributed by atoms with Crippen molar-refractivity contribution < 1.29 is 0 Å². The molecule has 1 aromatic rings. The smallest absolute Gasteiger partial charge is 0.0656 e. The molecule has 0 atom stereocenters. The molecule has 0 fully saturated rings. The van der Waals surface area contributed by atoms with Gasteiger partial charge >= 0.3 is 0 Å². The van der Waals surface area contributed by atoms with Gasteiger partial charge in [-0.3, -0.25) is 4.68 Å². The molecular formula is C9H16N2. The first-order valence-electron chi connectivity index (χ1n) is 4.29. The lowest BCUT2D eigenvalue weighted by Crippen LogP contribution is -1.91. The molecule has 0 aliphatic heterocycles. The summed E-state index contributed by atoms with van der Waals surface area (Å²) in [6, 6.07) is 0. The second-order valence-corrected chi connectivity index (χ2v) is 2.88. The molecule has 0 aliphatic carbocycles. The summed E-state index contributed by atoms with van der Waals surface area (Å²) in [5, 5.41) is 4.39. The summed E-state index contributed by atoms with van der Waals surface area (Å²) >= 11 is 0. The standard InChI is InChI=1S/C9H16N2/c1-4-6-9-8(5-2)7-11(3)10-9/h7H,4-6H2,1-3H3. The Hall–Kier alpha value is -0.790. The van der Waals surface area contributed by atoms with Crippen LogP contribution in [0, 0.1) is 0 Å². The highest BCUT2D eigenvalue weighted by Crippen LogP contribution is 2.08. The third-order valence-corrected chi connectivity index (χ3v) is 1.86. The molecule has 62 valence electrons. The Morgan fingerprint density at radius 1 is 1.45 bits per heavy atom. The van der Waals surface area contributed by atoms with Crippen LogP contribution >= 0.6 is 0 Å². The van der Waals surface area contributed by atoms with E-state index in [1.165, 1.54) is 17.7 Å². The molecule has 0 N–H and O–H groups in total. The normalized spacial score (nSPS) is 10.5. The lowest BCUT2D eigenvalue weighted by atomic mass is 10.1. The van der Waals surface area contributed by atoms with Crippen LogP contribution in [-0.4, -0.2) is 9.78 Å². The summed E-state index contributed by atoms with van der Waals surface area (Å²) in [5.74, 6) is 0. The molecule has 0 saturated carbocycles. The van der Waals surface area contributed by atoms with Crippen molar-refractivity contribution in [1.82, 2.24) is 9.78 Å². The molecule has 0 amide bonds. The molecule has 11 heavy (non-hydrogen) atoms. The van der Waals surface area contributed by atoms with E-state index in [1.807, 2.05) is 11.7 Å². The minimum absolute atomic E-state index is 1.10. The van der Waals surface area contributed by atoms with Gasteiger partial charge < -0.3 is 0 Å². The van der Waals surface area contributed by atoms with Gasteiger partial charge in [-0.1, -0.05) is 20.3 Å². The van der Waals surface area contributed by atoms with Gasteiger partial charge in [-0.2, -0.15) is 5.10 Å². The van der Waals surface area contributed by atoms with E-state index in [0.29, 0.717) is 0 Å². The molecule has 2 heteroatoms. The predicted molar refractivity (Wildman–Crippen MR) is 46.6 cm³/mol. The van der Waals surface area contributed by atoms with Gasteiger partial charge in [0.25, 0.3) is 0 Å². The molecule has 1 heterocycles. The Bertz CT molecular complexity index is 225. The monoisotopic (exact) mass is 152 g/mol. The molecule has 0 radical (unpaired) electrons. The number of hydrogen-bond donors (Lipinski definition) is 0. The maximum Gasteiger partial charge on any atom is 0.0656 e. The van der Waals surface area contributed by atoms with Gasteiger partial charge in [0.05, 0.1) is 5.69 Å².